The molecule has 0 aliphatic carbocycles. The lowest BCUT2D eigenvalue weighted by atomic mass is 10.1. The molecule has 1 aromatic carbocycles. The fourth-order valence-electron chi connectivity index (χ4n) is 1.29. The van der Waals surface area contributed by atoms with Crippen molar-refractivity contribution in [1.29, 1.82) is 0 Å². The molecular weight excluding hydrogens is 226 g/mol. The minimum Gasteiger partial charge on any atom is -0.356 e. The lowest BCUT2D eigenvalue weighted by molar-refractivity contribution is -0.121. The highest BCUT2D eigenvalue weighted by atomic mass is 35.5. The Balaban J connectivity index is 2.18. The monoisotopic (exact) mass is 239 g/mol. The Morgan fingerprint density at radius 2 is 1.81 bits per heavy atom. The van der Waals surface area contributed by atoms with Crippen LogP contribution < -0.4 is 5.32 Å². The van der Waals surface area contributed by atoms with E-state index in [4.69, 9.17) is 11.6 Å². The molecular formula is C12H14ClNO2. The van der Waals surface area contributed by atoms with Crippen LogP contribution in [0.2, 0.25) is 0 Å². The second-order valence-corrected chi connectivity index (χ2v) is 3.86. The average molecular weight is 240 g/mol. The molecule has 0 saturated heterocycles. The summed E-state index contributed by atoms with van der Waals surface area (Å²) in [6, 6.07) is 9.79. The zero-order valence-corrected chi connectivity index (χ0v) is 9.67. The highest BCUT2D eigenvalue weighted by Crippen LogP contribution is 2.01. The quantitative estimate of drug-likeness (QED) is 0.771. The first-order valence-electron chi connectivity index (χ1n) is 5.17. The SMILES string of the molecule is O=C(Cl)CCNC(=O)CCc1ccccc1. The Morgan fingerprint density at radius 3 is 2.44 bits per heavy atom. The first-order chi connectivity index (χ1) is 7.68. The first kappa shape index (κ1) is 12.7. The zero-order valence-electron chi connectivity index (χ0n) is 8.91. The van der Waals surface area contributed by atoms with Crippen molar-refractivity contribution in [2.45, 2.75) is 19.3 Å². The fourth-order valence-corrected chi connectivity index (χ4v) is 1.39. The number of halogens is 1. The summed E-state index contributed by atoms with van der Waals surface area (Å²) >= 11 is 5.14. The maximum absolute atomic E-state index is 11.3. The lowest BCUT2D eigenvalue weighted by Crippen LogP contribution is -2.25. The van der Waals surface area contributed by atoms with Crippen LogP contribution in [0.4, 0.5) is 0 Å². The van der Waals surface area contributed by atoms with Crippen LogP contribution >= 0.6 is 11.6 Å². The summed E-state index contributed by atoms with van der Waals surface area (Å²) in [5, 5.41) is 2.21. The Hall–Kier alpha value is -1.35. The van der Waals surface area contributed by atoms with Crippen molar-refractivity contribution in [1.82, 2.24) is 5.32 Å². The Morgan fingerprint density at radius 1 is 1.12 bits per heavy atom. The van der Waals surface area contributed by atoms with E-state index >= 15 is 0 Å². The van der Waals surface area contributed by atoms with Gasteiger partial charge in [0, 0.05) is 19.4 Å². The summed E-state index contributed by atoms with van der Waals surface area (Å²) in [5.41, 5.74) is 1.13. The molecule has 0 radical (unpaired) electrons. The van der Waals surface area contributed by atoms with E-state index in [-0.39, 0.29) is 12.3 Å². The maximum atomic E-state index is 11.3. The molecule has 0 aliphatic rings. The number of aryl methyl sites for hydroxylation is 1. The molecule has 0 spiro atoms. The number of rotatable bonds is 6. The normalized spacial score (nSPS) is 9.81. The Labute approximate surface area is 99.8 Å². The summed E-state index contributed by atoms with van der Waals surface area (Å²) in [5.74, 6) is -0.0539. The smallest absolute Gasteiger partial charge is 0.223 e. The second-order valence-electron chi connectivity index (χ2n) is 3.44. The standard InChI is InChI=1S/C12H14ClNO2/c13-11(15)8-9-14-12(16)7-6-10-4-2-1-3-5-10/h1-5H,6-9H2,(H,14,16). The van der Waals surface area contributed by atoms with Crippen LogP contribution in [0.25, 0.3) is 0 Å². The topological polar surface area (TPSA) is 46.2 Å². The van der Waals surface area contributed by atoms with Gasteiger partial charge in [-0.25, -0.2) is 0 Å². The summed E-state index contributed by atoms with van der Waals surface area (Å²) in [6.45, 7) is 0.315. The van der Waals surface area contributed by atoms with Crippen molar-refractivity contribution in [3.63, 3.8) is 0 Å². The average Bonchev–Trinajstić information content (AvgIpc) is 2.27. The van der Waals surface area contributed by atoms with E-state index in [1.807, 2.05) is 30.3 Å². The summed E-state index contributed by atoms with van der Waals surface area (Å²) < 4.78 is 0. The summed E-state index contributed by atoms with van der Waals surface area (Å²) in [4.78, 5) is 21.8. The van der Waals surface area contributed by atoms with Crippen molar-refractivity contribution in [2.24, 2.45) is 0 Å². The fraction of sp³-hybridized carbons (Fsp3) is 0.333. The highest BCUT2D eigenvalue weighted by molar-refractivity contribution is 6.63. The number of amides is 1. The van der Waals surface area contributed by atoms with Gasteiger partial charge in [0.15, 0.2) is 0 Å². The van der Waals surface area contributed by atoms with E-state index in [9.17, 15) is 9.59 Å². The summed E-state index contributed by atoms with van der Waals surface area (Å²) in [7, 11) is 0. The van der Waals surface area contributed by atoms with Gasteiger partial charge in [0.25, 0.3) is 0 Å². The molecule has 0 saturated carbocycles. The minimum absolute atomic E-state index is 0.0539. The molecule has 0 heterocycles. The van der Waals surface area contributed by atoms with Crippen LogP contribution in [0.15, 0.2) is 30.3 Å². The first-order valence-corrected chi connectivity index (χ1v) is 5.55. The molecule has 0 aliphatic heterocycles. The third-order valence-electron chi connectivity index (χ3n) is 2.13. The van der Waals surface area contributed by atoms with Gasteiger partial charge in [-0.3, -0.25) is 9.59 Å². The van der Waals surface area contributed by atoms with Crippen LogP contribution in [0, 0.1) is 0 Å². The van der Waals surface area contributed by atoms with Crippen LogP contribution in [-0.2, 0) is 16.0 Å². The van der Waals surface area contributed by atoms with Crippen LogP contribution in [-0.4, -0.2) is 17.7 Å². The molecule has 1 N–H and O–H groups in total. The van der Waals surface area contributed by atoms with Crippen molar-refractivity contribution in [3.8, 4) is 0 Å². The van der Waals surface area contributed by atoms with Gasteiger partial charge in [0.05, 0.1) is 0 Å². The number of carbonyl (C=O) groups excluding carboxylic acids is 2. The van der Waals surface area contributed by atoms with E-state index in [1.54, 1.807) is 0 Å². The predicted octanol–water partition coefficient (Wildman–Crippen LogP) is 1.89. The molecule has 0 aromatic heterocycles. The predicted molar refractivity (Wildman–Crippen MR) is 63.2 cm³/mol. The number of hydrogen-bond acceptors (Lipinski definition) is 2. The summed E-state index contributed by atoms with van der Waals surface area (Å²) in [6.07, 6.45) is 1.32. The molecule has 1 aromatic rings. The van der Waals surface area contributed by atoms with Crippen molar-refractivity contribution < 1.29 is 9.59 Å². The molecule has 0 unspecified atom stereocenters. The van der Waals surface area contributed by atoms with Gasteiger partial charge in [-0.05, 0) is 23.6 Å². The van der Waals surface area contributed by atoms with Crippen molar-refractivity contribution in [2.75, 3.05) is 6.54 Å². The molecule has 3 nitrogen and oxygen atoms in total. The second kappa shape index (κ2) is 7.01. The van der Waals surface area contributed by atoms with Crippen LogP contribution in [0.1, 0.15) is 18.4 Å². The van der Waals surface area contributed by atoms with E-state index in [0.29, 0.717) is 19.4 Å². The van der Waals surface area contributed by atoms with Gasteiger partial charge in [0.2, 0.25) is 11.1 Å². The van der Waals surface area contributed by atoms with Crippen LogP contribution in [0.3, 0.4) is 0 Å². The molecule has 1 amide bonds. The maximum Gasteiger partial charge on any atom is 0.223 e. The number of carbonyl (C=O) groups is 2. The van der Waals surface area contributed by atoms with Gasteiger partial charge in [0.1, 0.15) is 0 Å². The third kappa shape index (κ3) is 5.51. The molecule has 86 valence electrons. The minimum atomic E-state index is -0.427. The molecule has 0 fully saturated rings. The van der Waals surface area contributed by atoms with Gasteiger partial charge in [-0.15, -0.1) is 0 Å². The number of nitrogens with one attached hydrogen (secondary N) is 1. The highest BCUT2D eigenvalue weighted by Gasteiger charge is 2.02. The van der Waals surface area contributed by atoms with E-state index in [2.05, 4.69) is 5.32 Å². The molecule has 0 bridgehead atoms. The Kier molecular flexibility index (Phi) is 5.57. The van der Waals surface area contributed by atoms with Gasteiger partial charge in [-0.1, -0.05) is 30.3 Å². The zero-order chi connectivity index (χ0) is 11.8. The van der Waals surface area contributed by atoms with E-state index in [1.165, 1.54) is 0 Å². The van der Waals surface area contributed by atoms with E-state index < -0.39 is 5.24 Å². The third-order valence-corrected chi connectivity index (χ3v) is 2.32. The van der Waals surface area contributed by atoms with Crippen LogP contribution in [0.5, 0.6) is 0 Å². The lowest BCUT2D eigenvalue weighted by Gasteiger charge is -2.03. The number of benzene rings is 1. The van der Waals surface area contributed by atoms with Crippen molar-refractivity contribution in [3.05, 3.63) is 35.9 Å². The largest absolute Gasteiger partial charge is 0.356 e. The van der Waals surface area contributed by atoms with E-state index in [0.717, 1.165) is 5.56 Å². The Bertz CT molecular complexity index is 351. The molecule has 16 heavy (non-hydrogen) atoms. The van der Waals surface area contributed by atoms with Gasteiger partial charge in [-0.2, -0.15) is 0 Å². The number of hydrogen-bond donors (Lipinski definition) is 1. The van der Waals surface area contributed by atoms with Gasteiger partial charge < -0.3 is 5.32 Å². The molecule has 4 heteroatoms. The molecule has 1 rings (SSSR count). The molecule has 0 atom stereocenters. The van der Waals surface area contributed by atoms with Crippen molar-refractivity contribution >= 4 is 22.8 Å². The van der Waals surface area contributed by atoms with Gasteiger partial charge >= 0.3 is 0 Å².